The number of likely N-dealkylation sites (N-methyl/N-ethyl adjacent to an activating group) is 1. The van der Waals surface area contributed by atoms with Gasteiger partial charge in [-0.15, -0.1) is 0 Å². The molecule has 1 atom stereocenters. The molecule has 11 heteroatoms. The van der Waals surface area contributed by atoms with E-state index in [2.05, 4.69) is 49.1 Å². The van der Waals surface area contributed by atoms with Crippen LogP contribution >= 0.6 is 27.3 Å². The summed E-state index contributed by atoms with van der Waals surface area (Å²) in [5.74, 6) is -0.457. The van der Waals surface area contributed by atoms with Gasteiger partial charge in [0.1, 0.15) is 6.04 Å². The van der Waals surface area contributed by atoms with Crippen LogP contribution in [0.25, 0.3) is 0 Å². The third-order valence-corrected chi connectivity index (χ3v) is 6.66. The summed E-state index contributed by atoms with van der Waals surface area (Å²) in [7, 11) is 2.10. The number of carbonyl (C=O) groups is 3. The molecule has 0 radical (unpaired) electrons. The molecule has 0 saturated carbocycles. The number of halogens is 1. The third kappa shape index (κ3) is 7.72. The zero-order chi connectivity index (χ0) is 23.8. The SMILES string of the molecule is CCNC(=O)NC[C@@H](NC(=O)Oc1ccc(Br)s1)C(=O)Nc1ccc2c(c1)CCN(C)CC2. The van der Waals surface area contributed by atoms with E-state index in [1.165, 1.54) is 22.5 Å². The fraction of sp³-hybridized carbons (Fsp3) is 0.409. The van der Waals surface area contributed by atoms with E-state index in [-0.39, 0.29) is 6.54 Å². The Morgan fingerprint density at radius 1 is 1.12 bits per heavy atom. The lowest BCUT2D eigenvalue weighted by atomic mass is 10.0. The van der Waals surface area contributed by atoms with E-state index in [0.29, 0.717) is 17.3 Å². The molecule has 0 spiro atoms. The summed E-state index contributed by atoms with van der Waals surface area (Å²) in [6.45, 7) is 4.08. The van der Waals surface area contributed by atoms with Crippen LogP contribution in [-0.4, -0.2) is 62.2 Å². The van der Waals surface area contributed by atoms with Crippen molar-refractivity contribution in [1.29, 1.82) is 0 Å². The number of ether oxygens (including phenoxy) is 1. The van der Waals surface area contributed by atoms with Crippen molar-refractivity contribution in [2.45, 2.75) is 25.8 Å². The molecular formula is C22H28BrN5O4S. The van der Waals surface area contributed by atoms with Crippen molar-refractivity contribution in [2.75, 3.05) is 38.5 Å². The number of nitrogens with one attached hydrogen (secondary N) is 4. The number of hydrogen-bond donors (Lipinski definition) is 4. The maximum absolute atomic E-state index is 13.0. The van der Waals surface area contributed by atoms with Crippen LogP contribution in [0.3, 0.4) is 0 Å². The molecule has 33 heavy (non-hydrogen) atoms. The maximum Gasteiger partial charge on any atom is 0.414 e. The Balaban J connectivity index is 1.67. The number of carbonyl (C=O) groups excluding carboxylic acids is 3. The fourth-order valence-electron chi connectivity index (χ4n) is 3.39. The van der Waals surface area contributed by atoms with Crippen molar-refractivity contribution in [3.05, 3.63) is 45.2 Å². The third-order valence-electron chi connectivity index (χ3n) is 5.15. The predicted octanol–water partition coefficient (Wildman–Crippen LogP) is 2.96. The minimum absolute atomic E-state index is 0.101. The van der Waals surface area contributed by atoms with Crippen molar-refractivity contribution in [3.8, 4) is 5.06 Å². The predicted molar refractivity (Wildman–Crippen MR) is 132 cm³/mol. The highest BCUT2D eigenvalue weighted by atomic mass is 79.9. The topological polar surface area (TPSA) is 112 Å². The Morgan fingerprint density at radius 2 is 1.88 bits per heavy atom. The molecule has 0 bridgehead atoms. The molecule has 178 valence electrons. The Bertz CT molecular complexity index is 999. The highest BCUT2D eigenvalue weighted by molar-refractivity contribution is 9.11. The Labute approximate surface area is 205 Å². The molecule has 0 unspecified atom stereocenters. The first-order valence-corrected chi connectivity index (χ1v) is 12.3. The number of amides is 4. The molecule has 1 aromatic carbocycles. The number of fused-ring (bicyclic) bond motifs is 1. The number of thiophene rings is 1. The number of hydrogen-bond acceptors (Lipinski definition) is 6. The van der Waals surface area contributed by atoms with Crippen LogP contribution < -0.4 is 26.0 Å². The molecule has 2 aromatic rings. The number of urea groups is 1. The van der Waals surface area contributed by atoms with Crippen molar-refractivity contribution in [1.82, 2.24) is 20.9 Å². The van der Waals surface area contributed by atoms with E-state index in [4.69, 9.17) is 4.74 Å². The molecular weight excluding hydrogens is 510 g/mol. The Kier molecular flexibility index (Phi) is 9.10. The van der Waals surface area contributed by atoms with Gasteiger partial charge in [-0.05, 0) is 78.1 Å². The smallest absolute Gasteiger partial charge is 0.399 e. The highest BCUT2D eigenvalue weighted by Crippen LogP contribution is 2.28. The number of nitrogens with zero attached hydrogens (tertiary/aromatic N) is 1. The minimum Gasteiger partial charge on any atom is -0.399 e. The van der Waals surface area contributed by atoms with Gasteiger partial charge in [0.05, 0.1) is 3.79 Å². The number of anilines is 1. The summed E-state index contributed by atoms with van der Waals surface area (Å²) in [6.07, 6.45) is 1.08. The normalized spacial score (nSPS) is 14.4. The Morgan fingerprint density at radius 3 is 2.58 bits per heavy atom. The van der Waals surface area contributed by atoms with Gasteiger partial charge in [0, 0.05) is 31.9 Å². The van der Waals surface area contributed by atoms with Crippen molar-refractivity contribution >= 4 is 51.0 Å². The molecule has 2 heterocycles. The van der Waals surface area contributed by atoms with E-state index in [1.807, 2.05) is 18.2 Å². The molecule has 1 aliphatic heterocycles. The van der Waals surface area contributed by atoms with Gasteiger partial charge in [0.2, 0.25) is 5.91 Å². The molecule has 4 N–H and O–H groups in total. The van der Waals surface area contributed by atoms with E-state index in [1.54, 1.807) is 19.1 Å². The number of benzene rings is 1. The molecule has 9 nitrogen and oxygen atoms in total. The second-order valence-corrected chi connectivity index (χ2v) is 10.1. The largest absolute Gasteiger partial charge is 0.414 e. The van der Waals surface area contributed by atoms with E-state index in [9.17, 15) is 14.4 Å². The van der Waals surface area contributed by atoms with Crippen LogP contribution in [-0.2, 0) is 17.6 Å². The van der Waals surface area contributed by atoms with Gasteiger partial charge in [-0.2, -0.15) is 0 Å². The van der Waals surface area contributed by atoms with Gasteiger partial charge in [-0.3, -0.25) is 4.79 Å². The first kappa shape index (κ1) is 25.0. The molecule has 0 aliphatic carbocycles. The zero-order valence-corrected chi connectivity index (χ0v) is 21.0. The first-order valence-electron chi connectivity index (χ1n) is 10.7. The zero-order valence-electron chi connectivity index (χ0n) is 18.6. The van der Waals surface area contributed by atoms with Gasteiger partial charge >= 0.3 is 12.1 Å². The summed E-state index contributed by atoms with van der Waals surface area (Å²) in [6, 6.07) is 7.80. The summed E-state index contributed by atoms with van der Waals surface area (Å²) < 4.78 is 6.06. The number of rotatable bonds is 7. The first-order chi connectivity index (χ1) is 15.8. The van der Waals surface area contributed by atoms with Gasteiger partial charge < -0.3 is 30.9 Å². The van der Waals surface area contributed by atoms with Crippen LogP contribution in [0.2, 0.25) is 0 Å². The molecule has 3 rings (SSSR count). The van der Waals surface area contributed by atoms with Gasteiger partial charge in [0.25, 0.3) is 0 Å². The van der Waals surface area contributed by atoms with Crippen molar-refractivity contribution in [3.63, 3.8) is 0 Å². The van der Waals surface area contributed by atoms with Gasteiger partial charge in [0.15, 0.2) is 5.06 Å². The van der Waals surface area contributed by atoms with Crippen LogP contribution in [0.5, 0.6) is 5.06 Å². The lowest BCUT2D eigenvalue weighted by molar-refractivity contribution is -0.117. The van der Waals surface area contributed by atoms with Gasteiger partial charge in [-0.1, -0.05) is 17.4 Å². The second-order valence-electron chi connectivity index (χ2n) is 7.66. The lowest BCUT2D eigenvalue weighted by Gasteiger charge is -2.19. The summed E-state index contributed by atoms with van der Waals surface area (Å²) in [5, 5.41) is 11.0. The standard InChI is InChI=1S/C22H28BrN5O4S/c1-3-24-21(30)25-13-17(27-22(31)32-19-7-6-18(23)33-19)20(29)26-16-5-4-14-8-10-28(2)11-9-15(14)12-16/h4-7,12,17H,3,8-11,13H2,1-2H3,(H,26,29)(H,27,31)(H2,24,25,30)/t17-/m1/s1. The average molecular weight is 538 g/mol. The second kappa shape index (κ2) is 12.0. The molecule has 1 aliphatic rings. The Hall–Kier alpha value is -2.63. The summed E-state index contributed by atoms with van der Waals surface area (Å²) >= 11 is 4.55. The van der Waals surface area contributed by atoms with E-state index < -0.39 is 24.1 Å². The maximum atomic E-state index is 13.0. The molecule has 0 fully saturated rings. The van der Waals surface area contributed by atoms with Gasteiger partial charge in [-0.25, -0.2) is 9.59 Å². The summed E-state index contributed by atoms with van der Waals surface area (Å²) in [4.78, 5) is 39.5. The fourth-order valence-corrected chi connectivity index (χ4v) is 4.58. The van der Waals surface area contributed by atoms with Crippen LogP contribution in [0.15, 0.2) is 34.1 Å². The molecule has 4 amide bonds. The van der Waals surface area contributed by atoms with Crippen molar-refractivity contribution < 1.29 is 19.1 Å². The molecule has 0 saturated heterocycles. The van der Waals surface area contributed by atoms with Crippen LogP contribution in [0.1, 0.15) is 18.1 Å². The summed E-state index contributed by atoms with van der Waals surface area (Å²) in [5.41, 5.74) is 3.11. The van der Waals surface area contributed by atoms with Crippen molar-refractivity contribution in [2.24, 2.45) is 0 Å². The highest BCUT2D eigenvalue weighted by Gasteiger charge is 2.23. The van der Waals surface area contributed by atoms with E-state index in [0.717, 1.165) is 29.7 Å². The van der Waals surface area contributed by atoms with Crippen LogP contribution in [0.4, 0.5) is 15.3 Å². The van der Waals surface area contributed by atoms with Crippen LogP contribution in [0, 0.1) is 0 Å². The quantitative estimate of drug-likeness (QED) is 0.433. The van der Waals surface area contributed by atoms with E-state index >= 15 is 0 Å². The monoisotopic (exact) mass is 537 g/mol. The lowest BCUT2D eigenvalue weighted by Crippen LogP contribution is -2.52. The minimum atomic E-state index is -1.03. The average Bonchev–Trinajstić information content (AvgIpc) is 3.08. The molecule has 1 aromatic heterocycles.